The van der Waals surface area contributed by atoms with Crippen LogP contribution in [0.25, 0.3) is 32.3 Å². The number of rotatable bonds is 6. The van der Waals surface area contributed by atoms with Gasteiger partial charge in [-0.1, -0.05) is 49.6 Å². The molecule has 3 aromatic carbocycles. The summed E-state index contributed by atoms with van der Waals surface area (Å²) < 4.78 is 3.39. The summed E-state index contributed by atoms with van der Waals surface area (Å²) in [6.45, 7) is 0. The normalized spacial score (nSPS) is 16.1. The molecule has 4 nitrogen and oxygen atoms in total. The smallest absolute Gasteiger partial charge is 0.234 e. The Labute approximate surface area is 227 Å². The van der Waals surface area contributed by atoms with Gasteiger partial charge in [-0.05, 0) is 95.6 Å². The third-order valence-electron chi connectivity index (χ3n) is 8.05. The molecule has 0 atom stereocenters. The molecule has 190 valence electrons. The maximum Gasteiger partial charge on any atom is 0.234 e. The van der Waals surface area contributed by atoms with Crippen molar-refractivity contribution in [1.82, 2.24) is 9.78 Å². The summed E-state index contributed by atoms with van der Waals surface area (Å²) >= 11 is 1.77. The highest BCUT2D eigenvalue weighted by atomic mass is 32.1. The van der Waals surface area contributed by atoms with Gasteiger partial charge in [0.05, 0.1) is 12.2 Å². The summed E-state index contributed by atoms with van der Waals surface area (Å²) in [5.41, 5.74) is 6.39. The molecule has 1 amide bonds. The fraction of sp³-hybridized carbons (Fsp3) is 0.273. The van der Waals surface area contributed by atoms with E-state index in [2.05, 4.69) is 94.2 Å². The van der Waals surface area contributed by atoms with E-state index in [4.69, 9.17) is 0 Å². The maximum atomic E-state index is 14.0. The molecule has 0 aliphatic heterocycles. The molecule has 2 aliphatic carbocycles. The molecule has 0 N–H and O–H groups in total. The van der Waals surface area contributed by atoms with Crippen molar-refractivity contribution in [2.75, 3.05) is 4.90 Å². The van der Waals surface area contributed by atoms with Crippen molar-refractivity contribution in [3.63, 3.8) is 0 Å². The molecule has 0 spiro atoms. The van der Waals surface area contributed by atoms with E-state index in [1.165, 1.54) is 34.9 Å². The number of hydrogen-bond donors (Lipinski definition) is 0. The number of anilines is 2. The molecule has 7 rings (SSSR count). The van der Waals surface area contributed by atoms with E-state index >= 15 is 0 Å². The number of aromatic nitrogens is 2. The molecular weight excluding hydrogens is 486 g/mol. The van der Waals surface area contributed by atoms with Crippen molar-refractivity contribution in [1.29, 1.82) is 0 Å². The third-order valence-corrected chi connectivity index (χ3v) is 8.94. The minimum absolute atomic E-state index is 0.0747. The van der Waals surface area contributed by atoms with Crippen LogP contribution in [-0.2, 0) is 4.79 Å². The molecular formula is C33H31N3OS. The fourth-order valence-corrected chi connectivity index (χ4v) is 6.51. The van der Waals surface area contributed by atoms with Gasteiger partial charge in [0.25, 0.3) is 0 Å². The van der Waals surface area contributed by atoms with Crippen LogP contribution in [0.15, 0.2) is 90.6 Å². The van der Waals surface area contributed by atoms with Crippen LogP contribution >= 0.6 is 11.3 Å². The Kier molecular flexibility index (Phi) is 6.09. The Morgan fingerprint density at radius 1 is 0.789 bits per heavy atom. The van der Waals surface area contributed by atoms with Gasteiger partial charge in [-0.25, -0.2) is 0 Å². The van der Waals surface area contributed by atoms with Gasteiger partial charge in [0, 0.05) is 33.8 Å². The van der Waals surface area contributed by atoms with E-state index in [9.17, 15) is 4.79 Å². The summed E-state index contributed by atoms with van der Waals surface area (Å²) in [6, 6.07) is 26.2. The van der Waals surface area contributed by atoms with Gasteiger partial charge in [0.15, 0.2) is 0 Å². The molecule has 0 radical (unpaired) electrons. The monoisotopic (exact) mass is 517 g/mol. The van der Waals surface area contributed by atoms with Crippen LogP contribution in [0.3, 0.4) is 0 Å². The van der Waals surface area contributed by atoms with Gasteiger partial charge in [-0.15, -0.1) is 11.3 Å². The van der Waals surface area contributed by atoms with Crippen molar-refractivity contribution < 1.29 is 4.79 Å². The van der Waals surface area contributed by atoms with Gasteiger partial charge >= 0.3 is 0 Å². The molecule has 38 heavy (non-hydrogen) atoms. The SMILES string of the molecule is O=C(C1CCCCC1)N(c1ccc(-c2ccc3sccc3c2)cc1)c1cccc(-c2cnn(C3CC3)c2)c1. The van der Waals surface area contributed by atoms with Gasteiger partial charge in [0.1, 0.15) is 0 Å². The van der Waals surface area contributed by atoms with E-state index in [-0.39, 0.29) is 11.8 Å². The molecule has 0 bridgehead atoms. The Bertz CT molecular complexity index is 1590. The van der Waals surface area contributed by atoms with Gasteiger partial charge in [-0.3, -0.25) is 14.4 Å². The average Bonchev–Trinajstić information content (AvgIpc) is 3.50. The van der Waals surface area contributed by atoms with Crippen LogP contribution in [0.1, 0.15) is 51.0 Å². The first-order chi connectivity index (χ1) is 18.7. The standard InChI is InChI=1S/C33H31N3OS/c37-33(24-5-2-1-3-6-24)36(31-8-4-7-25(20-31)28-21-34-35(22-28)29-14-15-29)30-12-9-23(10-13-30)26-11-16-32-27(19-26)17-18-38-32/h4,7-13,16-22,24,29H,1-3,5-6,14-15H2. The maximum absolute atomic E-state index is 14.0. The second-order valence-electron chi connectivity index (χ2n) is 10.7. The van der Waals surface area contributed by atoms with Crippen LogP contribution in [0.4, 0.5) is 11.4 Å². The lowest BCUT2D eigenvalue weighted by atomic mass is 9.88. The van der Waals surface area contributed by atoms with Gasteiger partial charge in [0.2, 0.25) is 5.91 Å². The van der Waals surface area contributed by atoms with Crippen molar-refractivity contribution in [2.24, 2.45) is 5.92 Å². The number of benzene rings is 3. The topological polar surface area (TPSA) is 38.1 Å². The van der Waals surface area contributed by atoms with E-state index < -0.39 is 0 Å². The first kappa shape index (κ1) is 23.4. The number of nitrogens with zero attached hydrogens (tertiary/aromatic N) is 3. The largest absolute Gasteiger partial charge is 0.281 e. The molecule has 2 aliphatic rings. The minimum atomic E-state index is 0.0747. The second kappa shape index (κ2) is 9.88. The Balaban J connectivity index is 1.24. The highest BCUT2D eigenvalue weighted by Gasteiger charge is 2.29. The summed E-state index contributed by atoms with van der Waals surface area (Å²) in [4.78, 5) is 16.0. The number of carbonyl (C=O) groups is 1. The zero-order chi connectivity index (χ0) is 25.5. The van der Waals surface area contributed by atoms with E-state index in [1.807, 2.05) is 11.1 Å². The van der Waals surface area contributed by atoms with E-state index in [1.54, 1.807) is 11.3 Å². The number of fused-ring (bicyclic) bond motifs is 1. The van der Waals surface area contributed by atoms with Gasteiger partial charge in [-0.2, -0.15) is 5.10 Å². The van der Waals surface area contributed by atoms with Crippen molar-refractivity contribution >= 4 is 38.7 Å². The van der Waals surface area contributed by atoms with Crippen LogP contribution in [-0.4, -0.2) is 15.7 Å². The lowest BCUT2D eigenvalue weighted by Crippen LogP contribution is -2.33. The quantitative estimate of drug-likeness (QED) is 0.225. The highest BCUT2D eigenvalue weighted by Crippen LogP contribution is 2.38. The first-order valence-corrected chi connectivity index (χ1v) is 14.7. The number of thiophene rings is 1. The Hall–Kier alpha value is -3.70. The van der Waals surface area contributed by atoms with E-state index in [0.717, 1.165) is 53.7 Å². The molecule has 0 unspecified atom stereocenters. The Morgan fingerprint density at radius 2 is 1.58 bits per heavy atom. The molecule has 5 aromatic rings. The summed E-state index contributed by atoms with van der Waals surface area (Å²) in [7, 11) is 0. The van der Waals surface area contributed by atoms with Crippen molar-refractivity contribution in [3.8, 4) is 22.3 Å². The number of hydrogen-bond acceptors (Lipinski definition) is 3. The van der Waals surface area contributed by atoms with Crippen LogP contribution in [0.5, 0.6) is 0 Å². The van der Waals surface area contributed by atoms with Crippen LogP contribution in [0.2, 0.25) is 0 Å². The molecule has 0 saturated heterocycles. The lowest BCUT2D eigenvalue weighted by molar-refractivity contribution is -0.122. The predicted octanol–water partition coefficient (Wildman–Crippen LogP) is 9.01. The summed E-state index contributed by atoms with van der Waals surface area (Å²) in [6.07, 6.45) is 12.0. The highest BCUT2D eigenvalue weighted by molar-refractivity contribution is 7.17. The number of carbonyl (C=O) groups excluding carboxylic acids is 1. The van der Waals surface area contributed by atoms with E-state index in [0.29, 0.717) is 6.04 Å². The summed E-state index contributed by atoms with van der Waals surface area (Å²) in [5, 5.41) is 7.99. The van der Waals surface area contributed by atoms with Crippen molar-refractivity contribution in [3.05, 3.63) is 90.6 Å². The molecule has 2 saturated carbocycles. The number of amides is 1. The molecule has 2 fully saturated rings. The van der Waals surface area contributed by atoms with Crippen molar-refractivity contribution in [2.45, 2.75) is 51.0 Å². The second-order valence-corrected chi connectivity index (χ2v) is 11.7. The molecule has 5 heteroatoms. The third kappa shape index (κ3) is 4.56. The zero-order valence-corrected chi connectivity index (χ0v) is 22.2. The summed E-state index contributed by atoms with van der Waals surface area (Å²) in [5.74, 6) is 0.286. The van der Waals surface area contributed by atoms with Crippen LogP contribution in [0, 0.1) is 5.92 Å². The lowest BCUT2D eigenvalue weighted by Gasteiger charge is -2.30. The van der Waals surface area contributed by atoms with Gasteiger partial charge < -0.3 is 0 Å². The first-order valence-electron chi connectivity index (χ1n) is 13.8. The zero-order valence-electron chi connectivity index (χ0n) is 21.4. The molecule has 2 heterocycles. The minimum Gasteiger partial charge on any atom is -0.281 e. The average molecular weight is 518 g/mol. The predicted molar refractivity (Wildman–Crippen MR) is 157 cm³/mol. The van der Waals surface area contributed by atoms with Crippen LogP contribution < -0.4 is 4.90 Å². The fourth-order valence-electron chi connectivity index (χ4n) is 5.74. The molecule has 2 aromatic heterocycles. The Morgan fingerprint density at radius 3 is 2.39 bits per heavy atom.